The van der Waals surface area contributed by atoms with Gasteiger partial charge in [-0.05, 0) is 40.0 Å². The summed E-state index contributed by atoms with van der Waals surface area (Å²) in [5, 5.41) is 0. The summed E-state index contributed by atoms with van der Waals surface area (Å²) in [6, 6.07) is 0.914. The van der Waals surface area contributed by atoms with Gasteiger partial charge >= 0.3 is 5.97 Å². The summed E-state index contributed by atoms with van der Waals surface area (Å²) in [5.74, 6) is -0.0718. The fourth-order valence-corrected chi connectivity index (χ4v) is 2.42. The molecule has 0 aromatic rings. The molecule has 0 saturated carbocycles. The van der Waals surface area contributed by atoms with Gasteiger partial charge in [0.25, 0.3) is 0 Å². The molecule has 15 heavy (non-hydrogen) atoms. The van der Waals surface area contributed by atoms with Crippen molar-refractivity contribution in [3.8, 4) is 0 Å². The summed E-state index contributed by atoms with van der Waals surface area (Å²) in [6.45, 7) is 8.88. The van der Waals surface area contributed by atoms with Gasteiger partial charge in [0.2, 0.25) is 0 Å². The fraction of sp³-hybridized carbons (Fsp3) is 0.917. The maximum atomic E-state index is 11.7. The third-order valence-corrected chi connectivity index (χ3v) is 3.26. The van der Waals surface area contributed by atoms with Crippen molar-refractivity contribution in [2.24, 2.45) is 0 Å². The Morgan fingerprint density at radius 2 is 1.93 bits per heavy atom. The van der Waals surface area contributed by atoms with E-state index in [1.54, 1.807) is 0 Å². The predicted molar refractivity (Wildman–Crippen MR) is 60.7 cm³/mol. The topological polar surface area (TPSA) is 29.5 Å². The standard InChI is InChI=1S/C12H23NO2/c1-5-8-15-12(14)11(4)13-9(2)6-7-10(13)3/h9-11H,5-8H2,1-4H3. The van der Waals surface area contributed by atoms with E-state index in [1.165, 1.54) is 12.8 Å². The van der Waals surface area contributed by atoms with Gasteiger partial charge in [-0.3, -0.25) is 9.69 Å². The molecule has 1 heterocycles. The number of rotatable bonds is 4. The third-order valence-electron chi connectivity index (χ3n) is 3.26. The second kappa shape index (κ2) is 5.50. The lowest BCUT2D eigenvalue weighted by molar-refractivity contribution is -0.150. The summed E-state index contributed by atoms with van der Waals surface area (Å²) in [6.07, 6.45) is 3.27. The molecule has 1 rings (SSSR count). The molecule has 3 unspecified atom stereocenters. The van der Waals surface area contributed by atoms with E-state index in [4.69, 9.17) is 4.74 Å². The van der Waals surface area contributed by atoms with Crippen LogP contribution in [0.2, 0.25) is 0 Å². The molecule has 1 aliphatic heterocycles. The number of ether oxygens (including phenoxy) is 1. The highest BCUT2D eigenvalue weighted by molar-refractivity contribution is 5.75. The van der Waals surface area contributed by atoms with Crippen LogP contribution in [-0.2, 0) is 9.53 Å². The molecule has 1 saturated heterocycles. The van der Waals surface area contributed by atoms with Crippen molar-refractivity contribution in [2.75, 3.05) is 6.61 Å². The van der Waals surface area contributed by atoms with Gasteiger partial charge in [0.15, 0.2) is 0 Å². The highest BCUT2D eigenvalue weighted by atomic mass is 16.5. The molecular formula is C12H23NO2. The Morgan fingerprint density at radius 1 is 1.40 bits per heavy atom. The summed E-state index contributed by atoms with van der Waals surface area (Å²) in [7, 11) is 0. The van der Waals surface area contributed by atoms with E-state index in [-0.39, 0.29) is 12.0 Å². The molecule has 3 nitrogen and oxygen atoms in total. The third kappa shape index (κ3) is 2.94. The maximum absolute atomic E-state index is 11.7. The zero-order chi connectivity index (χ0) is 11.4. The quantitative estimate of drug-likeness (QED) is 0.670. The van der Waals surface area contributed by atoms with Gasteiger partial charge in [0.05, 0.1) is 6.61 Å². The molecule has 88 valence electrons. The summed E-state index contributed by atoms with van der Waals surface area (Å²) < 4.78 is 5.18. The number of esters is 1. The fourth-order valence-electron chi connectivity index (χ4n) is 2.42. The van der Waals surface area contributed by atoms with Crippen molar-refractivity contribution in [3.63, 3.8) is 0 Å². The van der Waals surface area contributed by atoms with Gasteiger partial charge in [-0.1, -0.05) is 6.92 Å². The first-order chi connectivity index (χ1) is 7.07. The minimum atomic E-state index is -0.0935. The summed E-state index contributed by atoms with van der Waals surface area (Å²) in [5.41, 5.74) is 0. The zero-order valence-corrected chi connectivity index (χ0v) is 10.3. The lowest BCUT2D eigenvalue weighted by atomic mass is 10.2. The smallest absolute Gasteiger partial charge is 0.323 e. The molecule has 0 bridgehead atoms. The maximum Gasteiger partial charge on any atom is 0.323 e. The molecule has 0 radical (unpaired) electrons. The van der Waals surface area contributed by atoms with Crippen LogP contribution in [0.25, 0.3) is 0 Å². The van der Waals surface area contributed by atoms with Gasteiger partial charge in [0, 0.05) is 12.1 Å². The van der Waals surface area contributed by atoms with Gasteiger partial charge in [-0.15, -0.1) is 0 Å². The molecule has 0 N–H and O–H groups in total. The van der Waals surface area contributed by atoms with Crippen LogP contribution < -0.4 is 0 Å². The number of likely N-dealkylation sites (tertiary alicyclic amines) is 1. The van der Waals surface area contributed by atoms with Crippen molar-refractivity contribution in [3.05, 3.63) is 0 Å². The summed E-state index contributed by atoms with van der Waals surface area (Å²) in [4.78, 5) is 14.0. The largest absolute Gasteiger partial charge is 0.465 e. The molecule has 1 aliphatic rings. The molecule has 0 aliphatic carbocycles. The Hall–Kier alpha value is -0.570. The van der Waals surface area contributed by atoms with Crippen molar-refractivity contribution in [2.45, 2.75) is 65.1 Å². The Morgan fingerprint density at radius 3 is 2.40 bits per heavy atom. The van der Waals surface area contributed by atoms with Crippen LogP contribution in [0, 0.1) is 0 Å². The van der Waals surface area contributed by atoms with Crippen LogP contribution in [0.15, 0.2) is 0 Å². The van der Waals surface area contributed by atoms with Crippen LogP contribution in [-0.4, -0.2) is 35.6 Å². The van der Waals surface area contributed by atoms with Crippen molar-refractivity contribution < 1.29 is 9.53 Å². The average Bonchev–Trinajstić information content (AvgIpc) is 2.54. The second-order valence-corrected chi connectivity index (χ2v) is 4.57. The van der Waals surface area contributed by atoms with Crippen LogP contribution in [0.4, 0.5) is 0 Å². The number of carbonyl (C=O) groups is 1. The van der Waals surface area contributed by atoms with Crippen molar-refractivity contribution in [1.82, 2.24) is 4.90 Å². The normalized spacial score (nSPS) is 29.1. The first-order valence-electron chi connectivity index (χ1n) is 6.02. The van der Waals surface area contributed by atoms with E-state index in [1.807, 2.05) is 13.8 Å². The minimum absolute atomic E-state index is 0.0718. The number of hydrogen-bond acceptors (Lipinski definition) is 3. The van der Waals surface area contributed by atoms with Crippen molar-refractivity contribution >= 4 is 5.97 Å². The predicted octanol–water partition coefficient (Wildman–Crippen LogP) is 2.20. The number of hydrogen-bond donors (Lipinski definition) is 0. The first-order valence-corrected chi connectivity index (χ1v) is 6.02. The van der Waals surface area contributed by atoms with Gasteiger partial charge in [0.1, 0.15) is 6.04 Å². The van der Waals surface area contributed by atoms with Crippen LogP contribution in [0.1, 0.15) is 47.0 Å². The Balaban J connectivity index is 2.50. The second-order valence-electron chi connectivity index (χ2n) is 4.57. The molecular weight excluding hydrogens is 190 g/mol. The molecule has 1 fully saturated rings. The SMILES string of the molecule is CCCOC(=O)C(C)N1C(C)CCC1C. The lowest BCUT2D eigenvalue weighted by Gasteiger charge is -2.30. The monoisotopic (exact) mass is 213 g/mol. The number of nitrogens with zero attached hydrogens (tertiary/aromatic N) is 1. The summed E-state index contributed by atoms with van der Waals surface area (Å²) >= 11 is 0. The molecule has 3 atom stereocenters. The first kappa shape index (κ1) is 12.5. The van der Waals surface area contributed by atoms with E-state index < -0.39 is 0 Å². The minimum Gasteiger partial charge on any atom is -0.465 e. The Kier molecular flexibility index (Phi) is 4.58. The van der Waals surface area contributed by atoms with E-state index in [2.05, 4.69) is 18.7 Å². The molecule has 0 aromatic carbocycles. The molecule has 0 aromatic heterocycles. The van der Waals surface area contributed by atoms with Crippen LogP contribution in [0.3, 0.4) is 0 Å². The van der Waals surface area contributed by atoms with Crippen molar-refractivity contribution in [1.29, 1.82) is 0 Å². The average molecular weight is 213 g/mol. The van der Waals surface area contributed by atoms with Gasteiger partial charge in [-0.25, -0.2) is 0 Å². The Labute approximate surface area is 92.8 Å². The van der Waals surface area contributed by atoms with Gasteiger partial charge < -0.3 is 4.74 Å². The molecule has 0 spiro atoms. The number of carbonyl (C=O) groups excluding carboxylic acids is 1. The van der Waals surface area contributed by atoms with E-state index in [0.29, 0.717) is 18.7 Å². The molecule has 0 amide bonds. The Bertz CT molecular complexity index is 208. The zero-order valence-electron chi connectivity index (χ0n) is 10.3. The van der Waals surface area contributed by atoms with E-state index in [0.717, 1.165) is 6.42 Å². The highest BCUT2D eigenvalue weighted by Gasteiger charge is 2.34. The van der Waals surface area contributed by atoms with Crippen LogP contribution >= 0.6 is 0 Å². The van der Waals surface area contributed by atoms with Crippen LogP contribution in [0.5, 0.6) is 0 Å². The van der Waals surface area contributed by atoms with Gasteiger partial charge in [-0.2, -0.15) is 0 Å². The highest BCUT2D eigenvalue weighted by Crippen LogP contribution is 2.26. The van der Waals surface area contributed by atoms with E-state index >= 15 is 0 Å². The molecule has 3 heteroatoms. The van der Waals surface area contributed by atoms with E-state index in [9.17, 15) is 4.79 Å². The lowest BCUT2D eigenvalue weighted by Crippen LogP contribution is -2.45.